The van der Waals surface area contributed by atoms with Crippen molar-refractivity contribution in [2.75, 3.05) is 41.0 Å². The molecule has 13 heavy (non-hydrogen) atoms. The number of hydrogen-bond acceptors (Lipinski definition) is 2. The van der Waals surface area contributed by atoms with E-state index in [9.17, 15) is 0 Å². The Morgan fingerprint density at radius 3 is 2.00 bits per heavy atom. The van der Waals surface area contributed by atoms with Crippen molar-refractivity contribution >= 4 is 17.7 Å². The summed E-state index contributed by atoms with van der Waals surface area (Å²) in [5.41, 5.74) is 0. The fraction of sp³-hybridized carbons (Fsp3) is 0.889. The molecule has 0 spiro atoms. The number of nitrogens with zero attached hydrogens (tertiary/aromatic N) is 3. The second-order valence-corrected chi connectivity index (χ2v) is 4.75. The minimum atomic E-state index is 0.592. The molecule has 0 bridgehead atoms. The molecule has 0 N–H and O–H groups in total. The summed E-state index contributed by atoms with van der Waals surface area (Å²) >= 11 is 1.85. The largest absolute Gasteiger partial charge is 0.349 e. The van der Waals surface area contributed by atoms with E-state index < -0.39 is 0 Å². The first kappa shape index (κ1) is 12.6. The van der Waals surface area contributed by atoms with E-state index in [1.807, 2.05) is 49.8 Å². The van der Waals surface area contributed by atoms with Gasteiger partial charge in [-0.1, -0.05) is 6.92 Å². The molecule has 0 aromatic rings. The highest BCUT2D eigenvalue weighted by Gasteiger charge is 2.04. The van der Waals surface area contributed by atoms with Crippen molar-refractivity contribution < 1.29 is 0 Å². The maximum atomic E-state index is 4.54. The van der Waals surface area contributed by atoms with Gasteiger partial charge >= 0.3 is 0 Å². The Balaban J connectivity index is 4.20. The SMILES string of the molecule is CSC(C)CN=C(N(C)C)N(C)C. The van der Waals surface area contributed by atoms with Crippen LogP contribution in [0.2, 0.25) is 0 Å². The summed E-state index contributed by atoms with van der Waals surface area (Å²) in [6.07, 6.45) is 2.12. The van der Waals surface area contributed by atoms with Gasteiger partial charge in [0.2, 0.25) is 0 Å². The van der Waals surface area contributed by atoms with Crippen molar-refractivity contribution in [2.24, 2.45) is 4.99 Å². The Morgan fingerprint density at radius 2 is 1.69 bits per heavy atom. The third-order valence-corrected chi connectivity index (χ3v) is 2.65. The van der Waals surface area contributed by atoms with Crippen LogP contribution in [0.5, 0.6) is 0 Å². The summed E-state index contributed by atoms with van der Waals surface area (Å²) in [6, 6.07) is 0. The molecule has 0 aromatic heterocycles. The van der Waals surface area contributed by atoms with E-state index in [0.29, 0.717) is 5.25 Å². The van der Waals surface area contributed by atoms with Crippen LogP contribution in [0.3, 0.4) is 0 Å². The summed E-state index contributed by atoms with van der Waals surface area (Å²) in [4.78, 5) is 8.61. The minimum Gasteiger partial charge on any atom is -0.349 e. The van der Waals surface area contributed by atoms with Gasteiger partial charge in [0.05, 0.1) is 6.54 Å². The molecule has 0 radical (unpaired) electrons. The molecule has 0 heterocycles. The smallest absolute Gasteiger partial charge is 0.195 e. The molecule has 0 fully saturated rings. The lowest BCUT2D eigenvalue weighted by Gasteiger charge is -2.23. The second kappa shape index (κ2) is 6.13. The van der Waals surface area contributed by atoms with Gasteiger partial charge < -0.3 is 9.80 Å². The molecule has 0 rings (SSSR count). The van der Waals surface area contributed by atoms with E-state index in [4.69, 9.17) is 0 Å². The molecule has 0 saturated carbocycles. The molecule has 3 nitrogen and oxygen atoms in total. The number of rotatable bonds is 3. The summed E-state index contributed by atoms with van der Waals surface area (Å²) < 4.78 is 0. The summed E-state index contributed by atoms with van der Waals surface area (Å²) in [7, 11) is 8.07. The molecular formula is C9H21N3S. The van der Waals surface area contributed by atoms with E-state index in [2.05, 4.69) is 18.2 Å². The molecule has 0 aliphatic heterocycles. The van der Waals surface area contributed by atoms with Crippen molar-refractivity contribution in [3.8, 4) is 0 Å². The lowest BCUT2D eigenvalue weighted by molar-refractivity contribution is 0.479. The summed E-state index contributed by atoms with van der Waals surface area (Å²) in [5, 5.41) is 0.592. The Hall–Kier alpha value is -0.380. The fourth-order valence-corrected chi connectivity index (χ4v) is 1.19. The van der Waals surface area contributed by atoms with E-state index in [-0.39, 0.29) is 0 Å². The summed E-state index contributed by atoms with van der Waals surface area (Å²) in [6.45, 7) is 3.07. The maximum absolute atomic E-state index is 4.54. The zero-order chi connectivity index (χ0) is 10.4. The van der Waals surface area contributed by atoms with Gasteiger partial charge in [-0.15, -0.1) is 0 Å². The van der Waals surface area contributed by atoms with Gasteiger partial charge in [0, 0.05) is 33.4 Å². The number of guanidine groups is 1. The van der Waals surface area contributed by atoms with Crippen LogP contribution >= 0.6 is 11.8 Å². The summed E-state index contributed by atoms with van der Waals surface area (Å²) in [5.74, 6) is 1.03. The van der Waals surface area contributed by atoms with Gasteiger partial charge in [-0.3, -0.25) is 4.99 Å². The second-order valence-electron chi connectivity index (χ2n) is 3.48. The topological polar surface area (TPSA) is 18.8 Å². The van der Waals surface area contributed by atoms with E-state index in [0.717, 1.165) is 12.5 Å². The van der Waals surface area contributed by atoms with E-state index in [1.54, 1.807) is 0 Å². The number of thioether (sulfide) groups is 1. The Bertz CT molecular complexity index is 156. The van der Waals surface area contributed by atoms with E-state index >= 15 is 0 Å². The van der Waals surface area contributed by atoms with Crippen molar-refractivity contribution in [2.45, 2.75) is 12.2 Å². The van der Waals surface area contributed by atoms with Crippen LogP contribution in [0, 0.1) is 0 Å². The molecule has 0 aromatic carbocycles. The zero-order valence-electron chi connectivity index (χ0n) is 9.53. The Labute approximate surface area is 86.2 Å². The quantitative estimate of drug-likeness (QED) is 0.508. The van der Waals surface area contributed by atoms with Crippen LogP contribution in [0.4, 0.5) is 0 Å². The molecule has 0 aliphatic rings. The van der Waals surface area contributed by atoms with Crippen LogP contribution < -0.4 is 0 Å². The van der Waals surface area contributed by atoms with Gasteiger partial charge in [0.25, 0.3) is 0 Å². The predicted octanol–water partition coefficient (Wildman–Crippen LogP) is 1.22. The van der Waals surface area contributed by atoms with Gasteiger partial charge in [0.1, 0.15) is 0 Å². The highest BCUT2D eigenvalue weighted by molar-refractivity contribution is 7.99. The minimum absolute atomic E-state index is 0.592. The third kappa shape index (κ3) is 5.03. The first-order valence-electron chi connectivity index (χ1n) is 4.41. The first-order valence-corrected chi connectivity index (χ1v) is 5.69. The van der Waals surface area contributed by atoms with Crippen molar-refractivity contribution in [1.29, 1.82) is 0 Å². The average Bonchev–Trinajstić information content (AvgIpc) is 2.03. The average molecular weight is 203 g/mol. The normalized spacial score (nSPS) is 12.2. The van der Waals surface area contributed by atoms with Crippen LogP contribution in [0.1, 0.15) is 6.92 Å². The predicted molar refractivity (Wildman–Crippen MR) is 62.7 cm³/mol. The lowest BCUT2D eigenvalue weighted by atomic mass is 10.5. The molecular weight excluding hydrogens is 182 g/mol. The van der Waals surface area contributed by atoms with Gasteiger partial charge in [-0.25, -0.2) is 0 Å². The monoisotopic (exact) mass is 203 g/mol. The Morgan fingerprint density at radius 1 is 1.23 bits per heavy atom. The molecule has 78 valence electrons. The number of hydrogen-bond donors (Lipinski definition) is 0. The molecule has 4 heteroatoms. The van der Waals surface area contributed by atoms with Crippen molar-refractivity contribution in [3.63, 3.8) is 0 Å². The number of aliphatic imine (C=N–C) groups is 1. The maximum Gasteiger partial charge on any atom is 0.195 e. The molecule has 1 atom stereocenters. The zero-order valence-corrected chi connectivity index (χ0v) is 10.4. The van der Waals surface area contributed by atoms with Crippen LogP contribution in [0.25, 0.3) is 0 Å². The Kier molecular flexibility index (Phi) is 5.95. The third-order valence-electron chi connectivity index (χ3n) is 1.69. The fourth-order valence-electron chi connectivity index (χ4n) is 0.968. The molecule has 1 unspecified atom stereocenters. The van der Waals surface area contributed by atoms with Crippen LogP contribution in [-0.4, -0.2) is 62.0 Å². The standard InChI is InChI=1S/C9H21N3S/c1-8(13-6)7-10-9(11(2)3)12(4)5/h8H,7H2,1-6H3. The van der Waals surface area contributed by atoms with E-state index in [1.165, 1.54) is 0 Å². The molecule has 0 saturated heterocycles. The molecule has 0 aliphatic carbocycles. The highest BCUT2D eigenvalue weighted by atomic mass is 32.2. The van der Waals surface area contributed by atoms with Crippen LogP contribution in [-0.2, 0) is 0 Å². The van der Waals surface area contributed by atoms with Crippen molar-refractivity contribution in [3.05, 3.63) is 0 Å². The van der Waals surface area contributed by atoms with Gasteiger partial charge in [0.15, 0.2) is 5.96 Å². The van der Waals surface area contributed by atoms with Gasteiger partial charge in [-0.05, 0) is 6.26 Å². The highest BCUT2D eigenvalue weighted by Crippen LogP contribution is 2.05. The first-order chi connectivity index (χ1) is 5.99. The molecule has 0 amide bonds. The van der Waals surface area contributed by atoms with Crippen LogP contribution in [0.15, 0.2) is 4.99 Å². The lowest BCUT2D eigenvalue weighted by Crippen LogP contribution is -2.35. The van der Waals surface area contributed by atoms with Crippen molar-refractivity contribution in [1.82, 2.24) is 9.80 Å². The van der Waals surface area contributed by atoms with Gasteiger partial charge in [-0.2, -0.15) is 11.8 Å².